The lowest BCUT2D eigenvalue weighted by atomic mass is 9.77. The molecule has 1 aliphatic rings. The topological polar surface area (TPSA) is 106 Å². The molecule has 0 aliphatic carbocycles. The SMILES string of the molecule is CC(=O)NCC(=Cc1cnc2[nH]c(=O)oc2c1)B1OC(C)(C)C(C)(C)O1. The lowest BCUT2D eigenvalue weighted by molar-refractivity contribution is -0.118. The third-order valence-corrected chi connectivity index (χ3v) is 4.75. The number of carbonyl (C=O) groups excluding carboxylic acids is 1. The molecule has 9 heteroatoms. The van der Waals surface area contributed by atoms with Crippen LogP contribution in [-0.4, -0.2) is 40.7 Å². The van der Waals surface area contributed by atoms with Gasteiger partial charge in [-0.05, 0) is 44.8 Å². The van der Waals surface area contributed by atoms with Crippen molar-refractivity contribution < 1.29 is 18.5 Å². The Bertz CT molecular complexity index is 912. The highest BCUT2D eigenvalue weighted by molar-refractivity contribution is 6.56. The number of H-pyrrole nitrogens is 1. The molecule has 1 amide bonds. The van der Waals surface area contributed by atoms with E-state index in [1.807, 2.05) is 33.8 Å². The molecule has 3 rings (SSSR count). The average Bonchev–Trinajstić information content (AvgIpc) is 2.98. The Morgan fingerprint density at radius 3 is 2.58 bits per heavy atom. The number of hydrogen-bond acceptors (Lipinski definition) is 6. The number of nitrogens with one attached hydrogen (secondary N) is 2. The molecule has 138 valence electrons. The van der Waals surface area contributed by atoms with Crippen molar-refractivity contribution in [2.75, 3.05) is 6.54 Å². The van der Waals surface area contributed by atoms with Crippen molar-refractivity contribution in [1.82, 2.24) is 15.3 Å². The van der Waals surface area contributed by atoms with Gasteiger partial charge in [0.15, 0.2) is 11.2 Å². The number of pyridine rings is 1. The summed E-state index contributed by atoms with van der Waals surface area (Å²) in [7, 11) is -0.610. The lowest BCUT2D eigenvalue weighted by Crippen LogP contribution is -2.41. The highest BCUT2D eigenvalue weighted by Gasteiger charge is 2.52. The van der Waals surface area contributed by atoms with Crippen LogP contribution in [0.25, 0.3) is 17.3 Å². The van der Waals surface area contributed by atoms with Crippen LogP contribution in [0.5, 0.6) is 0 Å². The normalized spacial score (nSPS) is 19.1. The van der Waals surface area contributed by atoms with E-state index in [0.29, 0.717) is 16.8 Å². The fourth-order valence-electron chi connectivity index (χ4n) is 2.57. The zero-order chi connectivity index (χ0) is 19.1. The van der Waals surface area contributed by atoms with E-state index in [9.17, 15) is 9.59 Å². The molecule has 26 heavy (non-hydrogen) atoms. The smallest absolute Gasteiger partial charge is 0.406 e. The van der Waals surface area contributed by atoms with E-state index in [2.05, 4.69) is 15.3 Å². The van der Waals surface area contributed by atoms with Crippen LogP contribution < -0.4 is 11.1 Å². The van der Waals surface area contributed by atoms with Crippen molar-refractivity contribution in [3.05, 3.63) is 33.8 Å². The summed E-state index contributed by atoms with van der Waals surface area (Å²) in [5.74, 6) is -0.712. The quantitative estimate of drug-likeness (QED) is 0.805. The zero-order valence-electron chi connectivity index (χ0n) is 15.5. The molecule has 2 aromatic rings. The first-order valence-electron chi connectivity index (χ1n) is 8.37. The molecule has 1 aliphatic heterocycles. The molecule has 0 aromatic carbocycles. The van der Waals surface area contributed by atoms with Crippen molar-refractivity contribution in [2.24, 2.45) is 0 Å². The molecule has 1 saturated heterocycles. The van der Waals surface area contributed by atoms with Gasteiger partial charge < -0.3 is 19.0 Å². The molecule has 0 unspecified atom stereocenters. The van der Waals surface area contributed by atoms with Gasteiger partial charge in [0.05, 0.1) is 11.2 Å². The third kappa shape index (κ3) is 3.59. The Hall–Kier alpha value is -2.39. The molecule has 2 aromatic heterocycles. The number of oxazole rings is 1. The van der Waals surface area contributed by atoms with E-state index in [0.717, 1.165) is 5.47 Å². The minimum absolute atomic E-state index is 0.155. The van der Waals surface area contributed by atoms with E-state index in [4.69, 9.17) is 13.7 Å². The van der Waals surface area contributed by atoms with Crippen molar-refractivity contribution in [3.63, 3.8) is 0 Å². The largest absolute Gasteiger partial charge is 0.492 e. The summed E-state index contributed by atoms with van der Waals surface area (Å²) in [6.45, 7) is 9.57. The highest BCUT2D eigenvalue weighted by Crippen LogP contribution is 2.38. The number of carbonyl (C=O) groups is 1. The van der Waals surface area contributed by atoms with Crippen LogP contribution >= 0.6 is 0 Å². The predicted molar refractivity (Wildman–Crippen MR) is 97.4 cm³/mol. The maximum Gasteiger partial charge on any atom is 0.492 e. The van der Waals surface area contributed by atoms with E-state index in [1.54, 1.807) is 12.3 Å². The first-order valence-corrected chi connectivity index (χ1v) is 8.37. The van der Waals surface area contributed by atoms with Crippen molar-refractivity contribution in [2.45, 2.75) is 45.8 Å². The zero-order valence-corrected chi connectivity index (χ0v) is 15.5. The summed E-state index contributed by atoms with van der Waals surface area (Å²) < 4.78 is 17.2. The van der Waals surface area contributed by atoms with Gasteiger partial charge >= 0.3 is 12.9 Å². The number of fused-ring (bicyclic) bond motifs is 1. The fraction of sp³-hybridized carbons (Fsp3) is 0.471. The van der Waals surface area contributed by atoms with Crippen LogP contribution in [0.15, 0.2) is 26.9 Å². The number of nitrogens with zero attached hydrogens (tertiary/aromatic N) is 1. The van der Waals surface area contributed by atoms with Gasteiger partial charge in [0.25, 0.3) is 0 Å². The van der Waals surface area contributed by atoms with E-state index < -0.39 is 24.1 Å². The Morgan fingerprint density at radius 2 is 1.96 bits per heavy atom. The Morgan fingerprint density at radius 1 is 1.31 bits per heavy atom. The van der Waals surface area contributed by atoms with Gasteiger partial charge in [0, 0.05) is 19.7 Å². The van der Waals surface area contributed by atoms with Crippen LogP contribution in [-0.2, 0) is 14.1 Å². The molecule has 0 saturated carbocycles. The van der Waals surface area contributed by atoms with Gasteiger partial charge in [0.2, 0.25) is 5.91 Å². The third-order valence-electron chi connectivity index (χ3n) is 4.75. The molecule has 3 heterocycles. The molecule has 0 bridgehead atoms. The molecule has 2 N–H and O–H groups in total. The Labute approximate surface area is 151 Å². The number of aromatic amines is 1. The van der Waals surface area contributed by atoms with Crippen LogP contribution in [0.2, 0.25) is 0 Å². The molecule has 0 spiro atoms. The van der Waals surface area contributed by atoms with Gasteiger partial charge in [0.1, 0.15) is 0 Å². The van der Waals surface area contributed by atoms with Gasteiger partial charge in [-0.3, -0.25) is 9.78 Å². The van der Waals surface area contributed by atoms with Crippen molar-refractivity contribution in [3.8, 4) is 0 Å². The number of aromatic nitrogens is 2. The maximum atomic E-state index is 11.4. The second kappa shape index (κ2) is 6.41. The summed E-state index contributed by atoms with van der Waals surface area (Å²) in [6, 6.07) is 1.69. The molecular formula is C17H22BN3O5. The molecule has 8 nitrogen and oxygen atoms in total. The maximum absolute atomic E-state index is 11.4. The summed E-state index contributed by atoms with van der Waals surface area (Å²) in [6.07, 6.45) is 3.42. The van der Waals surface area contributed by atoms with E-state index in [1.165, 1.54) is 6.92 Å². The minimum Gasteiger partial charge on any atom is -0.406 e. The fourth-order valence-corrected chi connectivity index (χ4v) is 2.57. The standard InChI is InChI=1S/C17H22BN3O5/c1-10(22)19-9-12(18-25-16(2,3)17(4,5)26-18)6-11-7-13-14(20-8-11)21-15(23)24-13/h6-8H,9H2,1-5H3,(H,19,22)(H,20,21,23). The Balaban J connectivity index is 1.95. The van der Waals surface area contributed by atoms with E-state index >= 15 is 0 Å². The second-order valence-corrected chi connectivity index (χ2v) is 7.35. The summed E-state index contributed by atoms with van der Waals surface area (Å²) in [4.78, 5) is 29.3. The minimum atomic E-state index is -0.610. The van der Waals surface area contributed by atoms with Gasteiger partial charge in [-0.2, -0.15) is 0 Å². The molecule has 0 radical (unpaired) electrons. The number of rotatable bonds is 4. The second-order valence-electron chi connectivity index (χ2n) is 7.35. The van der Waals surface area contributed by atoms with Crippen molar-refractivity contribution in [1.29, 1.82) is 0 Å². The average molecular weight is 359 g/mol. The van der Waals surface area contributed by atoms with Gasteiger partial charge in [-0.15, -0.1) is 0 Å². The van der Waals surface area contributed by atoms with Gasteiger partial charge in [-0.1, -0.05) is 6.08 Å². The first kappa shape index (κ1) is 18.4. The van der Waals surface area contributed by atoms with E-state index in [-0.39, 0.29) is 12.5 Å². The summed E-state index contributed by atoms with van der Waals surface area (Å²) in [5, 5.41) is 2.77. The van der Waals surface area contributed by atoms with Crippen LogP contribution in [0.4, 0.5) is 0 Å². The summed E-state index contributed by atoms with van der Waals surface area (Å²) in [5.41, 5.74) is 1.18. The molecular weight excluding hydrogens is 337 g/mol. The summed E-state index contributed by atoms with van der Waals surface area (Å²) >= 11 is 0. The van der Waals surface area contributed by atoms with Crippen LogP contribution in [0.1, 0.15) is 40.2 Å². The Kier molecular flexibility index (Phi) is 4.53. The molecule has 0 atom stereocenters. The van der Waals surface area contributed by atoms with Crippen LogP contribution in [0.3, 0.4) is 0 Å². The monoisotopic (exact) mass is 359 g/mol. The lowest BCUT2D eigenvalue weighted by Gasteiger charge is -2.32. The first-order chi connectivity index (χ1) is 12.1. The highest BCUT2D eigenvalue weighted by atomic mass is 16.7. The number of hydrogen-bond donors (Lipinski definition) is 2. The predicted octanol–water partition coefficient (Wildman–Crippen LogP) is 1.67. The van der Waals surface area contributed by atoms with Crippen LogP contribution in [0, 0.1) is 0 Å². The van der Waals surface area contributed by atoms with Gasteiger partial charge in [-0.25, -0.2) is 9.78 Å². The number of amides is 1. The van der Waals surface area contributed by atoms with Crippen molar-refractivity contribution >= 4 is 30.3 Å². The molecule has 1 fully saturated rings.